The van der Waals surface area contributed by atoms with E-state index in [1.807, 2.05) is 9.73 Å². The summed E-state index contributed by atoms with van der Waals surface area (Å²) in [6, 6.07) is 3.11. The van der Waals surface area contributed by atoms with E-state index in [1.165, 1.54) is 23.8 Å². The molecular weight excluding hydrogens is 426 g/mol. The molecule has 1 aliphatic heterocycles. The van der Waals surface area contributed by atoms with Crippen LogP contribution in [-0.4, -0.2) is 57.6 Å². The summed E-state index contributed by atoms with van der Waals surface area (Å²) < 4.78 is 35.2. The van der Waals surface area contributed by atoms with E-state index >= 15 is 0 Å². The summed E-state index contributed by atoms with van der Waals surface area (Å²) in [6.07, 6.45) is 0. The van der Waals surface area contributed by atoms with Gasteiger partial charge in [-0.3, -0.25) is 20.3 Å². The zero-order chi connectivity index (χ0) is 21.0. The third kappa shape index (κ3) is 4.79. The second-order valence-corrected chi connectivity index (χ2v) is 8.25. The summed E-state index contributed by atoms with van der Waals surface area (Å²) in [5.74, 6) is -0.880. The predicted molar refractivity (Wildman–Crippen MR) is 103 cm³/mol. The van der Waals surface area contributed by atoms with Gasteiger partial charge in [-0.15, -0.1) is 16.2 Å². The van der Waals surface area contributed by atoms with Crippen molar-refractivity contribution in [1.29, 1.82) is 0 Å². The SMILES string of the molecule is COc1ccc([N+](=O)[O-])cc1S(=O)(=O)NNC(=O)c1csc(N2CCOCC2)n1. The van der Waals surface area contributed by atoms with Crippen molar-refractivity contribution >= 4 is 38.1 Å². The molecular formula is C15H17N5O7S2. The second kappa shape index (κ2) is 8.69. The van der Waals surface area contributed by atoms with Crippen LogP contribution in [0, 0.1) is 10.1 Å². The number of nitro benzene ring substituents is 1. The fraction of sp³-hybridized carbons (Fsp3) is 0.333. The van der Waals surface area contributed by atoms with Crippen molar-refractivity contribution in [3.8, 4) is 5.75 Å². The molecule has 29 heavy (non-hydrogen) atoms. The van der Waals surface area contributed by atoms with Crippen LogP contribution in [-0.2, 0) is 14.8 Å². The highest BCUT2D eigenvalue weighted by Crippen LogP contribution is 2.28. The third-order valence-electron chi connectivity index (χ3n) is 3.95. The number of aromatic nitrogens is 1. The smallest absolute Gasteiger partial charge is 0.285 e. The molecule has 1 aromatic heterocycles. The number of nitrogens with zero attached hydrogens (tertiary/aromatic N) is 3. The van der Waals surface area contributed by atoms with Gasteiger partial charge in [0.1, 0.15) is 16.3 Å². The van der Waals surface area contributed by atoms with Gasteiger partial charge in [0.25, 0.3) is 21.6 Å². The molecule has 2 N–H and O–H groups in total. The lowest BCUT2D eigenvalue weighted by Gasteiger charge is -2.25. The third-order valence-corrected chi connectivity index (χ3v) is 6.12. The first-order valence-corrected chi connectivity index (χ1v) is 10.6. The number of carbonyl (C=O) groups excluding carboxylic acids is 1. The molecule has 0 radical (unpaired) electrons. The maximum Gasteiger partial charge on any atom is 0.285 e. The standard InChI is InChI=1S/C15H17N5O7S2/c1-26-12-3-2-10(20(22)23)8-13(12)29(24,25)18-17-14(21)11-9-28-15(16-11)19-4-6-27-7-5-19/h2-3,8-9,18H,4-7H2,1H3,(H,17,21). The van der Waals surface area contributed by atoms with E-state index in [1.54, 1.807) is 0 Å². The molecule has 0 atom stereocenters. The lowest BCUT2D eigenvalue weighted by molar-refractivity contribution is -0.385. The molecule has 2 aromatic rings. The highest BCUT2D eigenvalue weighted by Gasteiger charge is 2.25. The Balaban J connectivity index is 1.72. The van der Waals surface area contributed by atoms with Gasteiger partial charge in [0, 0.05) is 30.6 Å². The first-order chi connectivity index (χ1) is 13.8. The van der Waals surface area contributed by atoms with Crippen LogP contribution in [0.1, 0.15) is 10.5 Å². The average Bonchev–Trinajstić information content (AvgIpc) is 3.22. The fourth-order valence-corrected chi connectivity index (χ4v) is 4.38. The maximum absolute atomic E-state index is 12.5. The van der Waals surface area contributed by atoms with Crippen molar-refractivity contribution < 1.29 is 27.6 Å². The summed E-state index contributed by atoms with van der Waals surface area (Å²) in [4.78, 5) is 30.0. The van der Waals surface area contributed by atoms with Crippen LogP contribution < -0.4 is 19.9 Å². The van der Waals surface area contributed by atoms with E-state index in [2.05, 4.69) is 10.4 Å². The van der Waals surface area contributed by atoms with Crippen molar-refractivity contribution in [2.75, 3.05) is 38.3 Å². The molecule has 14 heteroatoms. The summed E-state index contributed by atoms with van der Waals surface area (Å²) in [5.41, 5.74) is 1.65. The van der Waals surface area contributed by atoms with Crippen LogP contribution in [0.2, 0.25) is 0 Å². The van der Waals surface area contributed by atoms with Gasteiger partial charge in [-0.2, -0.15) is 0 Å². The Morgan fingerprint density at radius 2 is 2.10 bits per heavy atom. The van der Waals surface area contributed by atoms with Crippen LogP contribution >= 0.6 is 11.3 Å². The minimum absolute atomic E-state index is 0.0326. The molecule has 1 saturated heterocycles. The summed E-state index contributed by atoms with van der Waals surface area (Å²) in [5, 5.41) is 13.1. The number of sulfonamides is 1. The molecule has 1 amide bonds. The number of benzene rings is 1. The summed E-state index contributed by atoms with van der Waals surface area (Å²) in [6.45, 7) is 2.42. The van der Waals surface area contributed by atoms with Crippen LogP contribution in [0.15, 0.2) is 28.5 Å². The van der Waals surface area contributed by atoms with Crippen molar-refractivity contribution in [2.24, 2.45) is 0 Å². The van der Waals surface area contributed by atoms with Crippen molar-refractivity contribution in [1.82, 2.24) is 15.2 Å². The van der Waals surface area contributed by atoms with Gasteiger partial charge in [-0.05, 0) is 6.07 Å². The molecule has 2 heterocycles. The highest BCUT2D eigenvalue weighted by molar-refractivity contribution is 7.89. The van der Waals surface area contributed by atoms with Crippen LogP contribution in [0.4, 0.5) is 10.8 Å². The van der Waals surface area contributed by atoms with E-state index in [0.717, 1.165) is 18.2 Å². The number of carbonyl (C=O) groups is 1. The van der Waals surface area contributed by atoms with Gasteiger partial charge in [-0.25, -0.2) is 13.4 Å². The quantitative estimate of drug-likeness (QED) is 0.460. The van der Waals surface area contributed by atoms with E-state index in [4.69, 9.17) is 9.47 Å². The Labute approximate surface area is 169 Å². The number of non-ortho nitro benzene ring substituents is 1. The molecule has 1 fully saturated rings. The Bertz CT molecular complexity index is 1020. The van der Waals surface area contributed by atoms with Crippen LogP contribution in [0.5, 0.6) is 5.75 Å². The Morgan fingerprint density at radius 1 is 1.38 bits per heavy atom. The number of amides is 1. The number of anilines is 1. The molecule has 12 nitrogen and oxygen atoms in total. The number of hydrazine groups is 1. The summed E-state index contributed by atoms with van der Waals surface area (Å²) in [7, 11) is -3.12. The topological polar surface area (TPSA) is 153 Å². The van der Waals surface area contributed by atoms with Gasteiger partial charge >= 0.3 is 0 Å². The Kier molecular flexibility index (Phi) is 6.26. The normalized spacial score (nSPS) is 14.4. The lowest BCUT2D eigenvalue weighted by atomic mass is 10.3. The lowest BCUT2D eigenvalue weighted by Crippen LogP contribution is -2.42. The highest BCUT2D eigenvalue weighted by atomic mass is 32.2. The minimum Gasteiger partial charge on any atom is -0.495 e. The van der Waals surface area contributed by atoms with E-state index in [0.29, 0.717) is 31.4 Å². The predicted octanol–water partition coefficient (Wildman–Crippen LogP) is 0.520. The molecule has 0 saturated carbocycles. The molecule has 0 aliphatic carbocycles. The largest absolute Gasteiger partial charge is 0.495 e. The number of nitro groups is 1. The number of methoxy groups -OCH3 is 1. The van der Waals surface area contributed by atoms with E-state index in [-0.39, 0.29) is 11.4 Å². The van der Waals surface area contributed by atoms with E-state index in [9.17, 15) is 23.3 Å². The number of rotatable bonds is 7. The molecule has 1 aromatic carbocycles. The second-order valence-electron chi connectivity index (χ2n) is 5.77. The average molecular weight is 443 g/mol. The summed E-state index contributed by atoms with van der Waals surface area (Å²) >= 11 is 1.25. The molecule has 156 valence electrons. The monoisotopic (exact) mass is 443 g/mol. The molecule has 0 spiro atoms. The maximum atomic E-state index is 12.5. The number of hydrogen-bond donors (Lipinski definition) is 2. The molecule has 0 bridgehead atoms. The first kappa shape index (κ1) is 20.9. The van der Waals surface area contributed by atoms with Gasteiger partial charge < -0.3 is 14.4 Å². The van der Waals surface area contributed by atoms with Gasteiger partial charge in [-0.1, -0.05) is 0 Å². The van der Waals surface area contributed by atoms with Crippen molar-refractivity contribution in [3.63, 3.8) is 0 Å². The Morgan fingerprint density at radius 3 is 2.76 bits per heavy atom. The number of morpholine rings is 1. The van der Waals surface area contributed by atoms with Gasteiger partial charge in [0.05, 0.1) is 25.2 Å². The number of nitrogens with one attached hydrogen (secondary N) is 2. The van der Waals surface area contributed by atoms with E-state index < -0.39 is 31.4 Å². The molecule has 3 rings (SSSR count). The van der Waals surface area contributed by atoms with Crippen LogP contribution in [0.25, 0.3) is 0 Å². The van der Waals surface area contributed by atoms with Gasteiger partial charge in [0.2, 0.25) is 0 Å². The minimum atomic E-state index is -4.34. The number of thiazole rings is 1. The molecule has 0 unspecified atom stereocenters. The molecule has 1 aliphatic rings. The number of ether oxygens (including phenoxy) is 2. The zero-order valence-electron chi connectivity index (χ0n) is 15.2. The van der Waals surface area contributed by atoms with Crippen LogP contribution in [0.3, 0.4) is 0 Å². The zero-order valence-corrected chi connectivity index (χ0v) is 16.8. The number of hydrogen-bond acceptors (Lipinski definition) is 10. The van der Waals surface area contributed by atoms with Crippen molar-refractivity contribution in [2.45, 2.75) is 4.90 Å². The van der Waals surface area contributed by atoms with Crippen molar-refractivity contribution in [3.05, 3.63) is 39.4 Å². The van der Waals surface area contributed by atoms with Gasteiger partial charge in [0.15, 0.2) is 5.13 Å². The first-order valence-electron chi connectivity index (χ1n) is 8.24. The Hall–Kier alpha value is -2.81. The fourth-order valence-electron chi connectivity index (χ4n) is 2.49.